The van der Waals surface area contributed by atoms with E-state index in [1.807, 2.05) is 18.3 Å². The van der Waals surface area contributed by atoms with Crippen molar-refractivity contribution in [2.75, 3.05) is 0 Å². The van der Waals surface area contributed by atoms with Crippen LogP contribution in [-0.4, -0.2) is 4.98 Å². The molecule has 1 nitrogen and oxygen atoms in total. The molecule has 6 rings (SSSR count). The molecule has 0 spiro atoms. The monoisotopic (exact) mass is 415 g/mol. The maximum absolute atomic E-state index is 6.06. The Labute approximate surface area is 185 Å². The van der Waals surface area contributed by atoms with Gasteiger partial charge >= 0.3 is 0 Å². The third kappa shape index (κ3) is 2.98. The molecule has 0 fully saturated rings. The van der Waals surface area contributed by atoms with Crippen LogP contribution in [-0.2, 0) is 0 Å². The Morgan fingerprint density at radius 1 is 0.452 bits per heavy atom. The molecule has 0 N–H and O–H groups in total. The smallest absolute Gasteiger partial charge is 0.129 e. The fourth-order valence-corrected chi connectivity index (χ4v) is 4.69. The second-order valence-electron chi connectivity index (χ2n) is 7.77. The first-order valence-corrected chi connectivity index (χ1v) is 10.7. The Kier molecular flexibility index (Phi) is 4.22. The molecule has 0 saturated carbocycles. The maximum Gasteiger partial charge on any atom is 0.129 e. The van der Waals surface area contributed by atoms with Gasteiger partial charge in [-0.1, -0.05) is 90.5 Å². The lowest BCUT2D eigenvalue weighted by Crippen LogP contribution is -1.89. The fraction of sp³-hybridized carbons (Fsp3) is 0. The van der Waals surface area contributed by atoms with E-state index < -0.39 is 0 Å². The highest BCUT2D eigenvalue weighted by atomic mass is 35.5. The molecule has 0 saturated heterocycles. The second-order valence-corrected chi connectivity index (χ2v) is 8.16. The zero-order valence-corrected chi connectivity index (χ0v) is 17.5. The van der Waals surface area contributed by atoms with Crippen molar-refractivity contribution >= 4 is 43.9 Å². The average Bonchev–Trinajstić information content (AvgIpc) is 2.84. The minimum Gasteiger partial charge on any atom is -0.244 e. The molecule has 6 aromatic rings. The van der Waals surface area contributed by atoms with Crippen LogP contribution in [0.25, 0.3) is 54.6 Å². The molecular weight excluding hydrogens is 398 g/mol. The van der Waals surface area contributed by atoms with Gasteiger partial charge in [-0.15, -0.1) is 0 Å². The molecule has 0 radical (unpaired) electrons. The summed E-state index contributed by atoms with van der Waals surface area (Å²) >= 11 is 6.06. The van der Waals surface area contributed by atoms with Crippen molar-refractivity contribution in [3.05, 3.63) is 114 Å². The van der Waals surface area contributed by atoms with Crippen molar-refractivity contribution in [1.82, 2.24) is 4.98 Å². The van der Waals surface area contributed by atoms with Crippen molar-refractivity contribution in [2.45, 2.75) is 0 Å². The predicted molar refractivity (Wildman–Crippen MR) is 133 cm³/mol. The summed E-state index contributed by atoms with van der Waals surface area (Å²) in [7, 11) is 0. The molecule has 0 aliphatic carbocycles. The first-order valence-electron chi connectivity index (χ1n) is 10.3. The van der Waals surface area contributed by atoms with Gasteiger partial charge in [-0.2, -0.15) is 0 Å². The summed E-state index contributed by atoms with van der Waals surface area (Å²) in [6.07, 6.45) is 1.86. The third-order valence-corrected chi connectivity index (χ3v) is 6.23. The minimum absolute atomic E-state index is 0.506. The summed E-state index contributed by atoms with van der Waals surface area (Å²) in [4.78, 5) is 4.32. The second kappa shape index (κ2) is 7.23. The number of aromatic nitrogens is 1. The summed E-state index contributed by atoms with van der Waals surface area (Å²) in [6, 6.07) is 36.5. The third-order valence-electron chi connectivity index (χ3n) is 6.01. The Bertz CT molecular complexity index is 1570. The van der Waals surface area contributed by atoms with Crippen molar-refractivity contribution < 1.29 is 0 Å². The largest absolute Gasteiger partial charge is 0.244 e. The molecule has 0 bridgehead atoms. The van der Waals surface area contributed by atoms with Crippen LogP contribution in [0.4, 0.5) is 0 Å². The number of nitrogens with zero attached hydrogens (tertiary/aromatic N) is 1. The summed E-state index contributed by atoms with van der Waals surface area (Å²) in [5.74, 6) is 0. The van der Waals surface area contributed by atoms with Crippen molar-refractivity contribution in [3.8, 4) is 22.3 Å². The van der Waals surface area contributed by atoms with Crippen LogP contribution in [0, 0.1) is 0 Å². The van der Waals surface area contributed by atoms with Gasteiger partial charge in [-0.3, -0.25) is 0 Å². The van der Waals surface area contributed by atoms with Crippen LogP contribution < -0.4 is 0 Å². The highest BCUT2D eigenvalue weighted by Gasteiger charge is 2.14. The standard InChI is InChI=1S/C29H18ClN/c30-29-15-14-20(18-31-29)26-17-28-23-12-6-4-10-21(23)25(19-8-2-1-3-9-19)16-27(28)24-13-7-5-11-22(24)26/h1-18H. The number of fused-ring (bicyclic) bond motifs is 5. The topological polar surface area (TPSA) is 12.9 Å². The Morgan fingerprint density at radius 2 is 0.968 bits per heavy atom. The van der Waals surface area contributed by atoms with Gasteiger partial charge in [0, 0.05) is 11.8 Å². The van der Waals surface area contributed by atoms with E-state index in [0.717, 1.165) is 5.56 Å². The van der Waals surface area contributed by atoms with Crippen LogP contribution in [0.2, 0.25) is 5.15 Å². The summed E-state index contributed by atoms with van der Waals surface area (Å²) in [5, 5.41) is 8.00. The Hall–Kier alpha value is -3.68. The van der Waals surface area contributed by atoms with Gasteiger partial charge in [0.2, 0.25) is 0 Å². The van der Waals surface area contributed by atoms with Crippen LogP contribution in [0.5, 0.6) is 0 Å². The van der Waals surface area contributed by atoms with Gasteiger partial charge in [0.1, 0.15) is 5.15 Å². The molecule has 0 unspecified atom stereocenters. The zero-order chi connectivity index (χ0) is 20.8. The van der Waals surface area contributed by atoms with Crippen LogP contribution >= 0.6 is 11.6 Å². The molecule has 5 aromatic carbocycles. The van der Waals surface area contributed by atoms with Crippen LogP contribution in [0.3, 0.4) is 0 Å². The quantitative estimate of drug-likeness (QED) is 0.204. The van der Waals surface area contributed by atoms with Gasteiger partial charge < -0.3 is 0 Å². The number of hydrogen-bond donors (Lipinski definition) is 0. The molecular formula is C29H18ClN. The summed E-state index contributed by atoms with van der Waals surface area (Å²) in [6.45, 7) is 0. The first-order chi connectivity index (χ1) is 15.3. The van der Waals surface area contributed by atoms with E-state index in [4.69, 9.17) is 11.6 Å². The normalized spacial score (nSPS) is 11.4. The van der Waals surface area contributed by atoms with Crippen molar-refractivity contribution in [2.24, 2.45) is 0 Å². The highest BCUT2D eigenvalue weighted by Crippen LogP contribution is 2.41. The van der Waals surface area contributed by atoms with E-state index in [1.165, 1.54) is 49.0 Å². The lowest BCUT2D eigenvalue weighted by molar-refractivity contribution is 1.33. The van der Waals surface area contributed by atoms with Gasteiger partial charge in [-0.05, 0) is 73.3 Å². The molecule has 0 atom stereocenters. The summed E-state index contributed by atoms with van der Waals surface area (Å²) < 4.78 is 0. The highest BCUT2D eigenvalue weighted by molar-refractivity contribution is 6.29. The maximum atomic E-state index is 6.06. The molecule has 1 heterocycles. The van der Waals surface area contributed by atoms with E-state index in [-0.39, 0.29) is 0 Å². The molecule has 0 aliphatic rings. The SMILES string of the molecule is Clc1ccc(-c2cc3c4ccccc4c(-c4ccccc4)cc3c3ccccc23)cn1. The fourth-order valence-electron chi connectivity index (χ4n) is 4.58. The predicted octanol–water partition coefficient (Wildman–Crippen LogP) is 8.53. The zero-order valence-electron chi connectivity index (χ0n) is 16.7. The van der Waals surface area contributed by atoms with E-state index >= 15 is 0 Å². The minimum atomic E-state index is 0.506. The van der Waals surface area contributed by atoms with E-state index in [9.17, 15) is 0 Å². The molecule has 31 heavy (non-hydrogen) atoms. The average molecular weight is 416 g/mol. The lowest BCUT2D eigenvalue weighted by Gasteiger charge is -2.16. The molecule has 0 aliphatic heterocycles. The molecule has 1 aromatic heterocycles. The van der Waals surface area contributed by atoms with Gasteiger partial charge in [-0.25, -0.2) is 4.98 Å². The number of halogens is 1. The molecule has 0 amide bonds. The van der Waals surface area contributed by atoms with Crippen molar-refractivity contribution in [1.29, 1.82) is 0 Å². The molecule has 146 valence electrons. The first kappa shape index (κ1) is 18.1. The van der Waals surface area contributed by atoms with Gasteiger partial charge in [0.25, 0.3) is 0 Å². The van der Waals surface area contributed by atoms with Gasteiger partial charge in [0.15, 0.2) is 0 Å². The number of pyridine rings is 1. The van der Waals surface area contributed by atoms with Crippen LogP contribution in [0.1, 0.15) is 0 Å². The molecule has 2 heteroatoms. The van der Waals surface area contributed by atoms with Crippen molar-refractivity contribution in [3.63, 3.8) is 0 Å². The van der Waals surface area contributed by atoms with Gasteiger partial charge in [0.05, 0.1) is 0 Å². The van der Waals surface area contributed by atoms with E-state index in [0.29, 0.717) is 5.15 Å². The number of rotatable bonds is 2. The number of benzene rings is 5. The Morgan fingerprint density at radius 3 is 1.52 bits per heavy atom. The summed E-state index contributed by atoms with van der Waals surface area (Å²) in [5.41, 5.74) is 4.73. The van der Waals surface area contributed by atoms with E-state index in [2.05, 4.69) is 96.0 Å². The Balaban J connectivity index is 1.79. The number of hydrogen-bond acceptors (Lipinski definition) is 1. The van der Waals surface area contributed by atoms with E-state index in [1.54, 1.807) is 0 Å². The van der Waals surface area contributed by atoms with Crippen LogP contribution in [0.15, 0.2) is 109 Å². The lowest BCUT2D eigenvalue weighted by atomic mass is 9.88.